The number of carbonyl (C=O) groups excluding carboxylic acids is 1. The molecule has 4 saturated carbocycles. The molecule has 2 heteroatoms. The summed E-state index contributed by atoms with van der Waals surface area (Å²) in [6, 6.07) is 10.3. The summed E-state index contributed by atoms with van der Waals surface area (Å²) in [5.74, 6) is 6.19. The van der Waals surface area contributed by atoms with Gasteiger partial charge in [-0.05, 0) is 122 Å². The van der Waals surface area contributed by atoms with Crippen LogP contribution in [0.1, 0.15) is 124 Å². The highest BCUT2D eigenvalue weighted by molar-refractivity contribution is 5.70. The van der Waals surface area contributed by atoms with Gasteiger partial charge >= 0.3 is 5.97 Å². The molecule has 4 aliphatic carbocycles. The molecule has 38 heavy (non-hydrogen) atoms. The average molecular weight is 521 g/mol. The van der Waals surface area contributed by atoms with Crippen LogP contribution in [0.15, 0.2) is 30.3 Å². The molecule has 0 saturated heterocycles. The highest BCUT2D eigenvalue weighted by Gasteiger charge is 2.60. The van der Waals surface area contributed by atoms with E-state index in [1.807, 2.05) is 18.2 Å². The number of fused-ring (bicyclic) bond motifs is 5. The molecule has 212 valence electrons. The number of carbonyl (C=O) groups is 1. The molecule has 0 heterocycles. The van der Waals surface area contributed by atoms with E-state index in [1.165, 1.54) is 69.8 Å². The first-order valence-electron chi connectivity index (χ1n) is 16.4. The van der Waals surface area contributed by atoms with Crippen molar-refractivity contribution in [1.29, 1.82) is 0 Å². The third-order valence-corrected chi connectivity index (χ3v) is 12.6. The molecule has 0 aromatic heterocycles. The summed E-state index contributed by atoms with van der Waals surface area (Å²) >= 11 is 0. The summed E-state index contributed by atoms with van der Waals surface area (Å²) < 4.78 is 6.08. The topological polar surface area (TPSA) is 26.3 Å². The molecule has 0 unspecified atom stereocenters. The van der Waals surface area contributed by atoms with Crippen molar-refractivity contribution in [2.24, 2.45) is 52.3 Å². The average Bonchev–Trinajstić information content (AvgIpc) is 3.25. The van der Waals surface area contributed by atoms with Gasteiger partial charge in [0.25, 0.3) is 0 Å². The van der Waals surface area contributed by atoms with Gasteiger partial charge in [-0.25, -0.2) is 0 Å². The fraction of sp³-hybridized carbons (Fsp3) is 0.806. The maximum absolute atomic E-state index is 12.7. The zero-order valence-electron chi connectivity index (χ0n) is 25.2. The minimum absolute atomic E-state index is 0.00378. The van der Waals surface area contributed by atoms with Crippen LogP contribution in [0.25, 0.3) is 0 Å². The Bertz CT molecular complexity index is 923. The Morgan fingerprint density at radius 3 is 2.39 bits per heavy atom. The van der Waals surface area contributed by atoms with Crippen LogP contribution in [0, 0.1) is 52.3 Å². The van der Waals surface area contributed by atoms with Crippen molar-refractivity contribution in [2.75, 3.05) is 0 Å². The van der Waals surface area contributed by atoms with Crippen molar-refractivity contribution in [2.45, 2.75) is 131 Å². The maximum Gasteiger partial charge on any atom is 0.306 e. The van der Waals surface area contributed by atoms with E-state index in [2.05, 4.69) is 46.8 Å². The van der Waals surface area contributed by atoms with Crippen LogP contribution < -0.4 is 0 Å². The van der Waals surface area contributed by atoms with Crippen LogP contribution in [0.3, 0.4) is 0 Å². The van der Waals surface area contributed by atoms with Crippen LogP contribution in [0.5, 0.6) is 0 Å². The summed E-state index contributed by atoms with van der Waals surface area (Å²) in [5, 5.41) is 0. The van der Waals surface area contributed by atoms with Crippen molar-refractivity contribution in [3.63, 3.8) is 0 Å². The summed E-state index contributed by atoms with van der Waals surface area (Å²) in [7, 11) is 0. The van der Waals surface area contributed by atoms with Gasteiger partial charge in [0.05, 0.1) is 0 Å². The molecule has 4 aliphatic rings. The van der Waals surface area contributed by atoms with Gasteiger partial charge in [0, 0.05) is 6.42 Å². The molecule has 9 atom stereocenters. The van der Waals surface area contributed by atoms with E-state index in [4.69, 9.17) is 4.74 Å². The van der Waals surface area contributed by atoms with E-state index >= 15 is 0 Å². The van der Waals surface area contributed by atoms with Gasteiger partial charge in [0.15, 0.2) is 0 Å². The summed E-state index contributed by atoms with van der Waals surface area (Å²) in [6.07, 6.45) is 17.8. The Morgan fingerprint density at radius 2 is 1.63 bits per heavy atom. The molecule has 0 spiro atoms. The number of esters is 1. The normalized spacial score (nSPS) is 39.2. The quantitative estimate of drug-likeness (QED) is 0.303. The Balaban J connectivity index is 1.16. The van der Waals surface area contributed by atoms with Gasteiger partial charge in [-0.2, -0.15) is 0 Å². The minimum Gasteiger partial charge on any atom is -0.462 e. The fourth-order valence-corrected chi connectivity index (χ4v) is 10.5. The molecule has 5 rings (SSSR count). The SMILES string of the molecule is CC(C)CCC[C@@H](C)[C@H]1CC[C@H]2[C@@H]3CC[C@H]4C[C@@H](OC(=O)CCc5ccccc5)CC[C@]4(C)[C@H]3CC[C@]12C. The van der Waals surface area contributed by atoms with Gasteiger partial charge in [0.2, 0.25) is 0 Å². The van der Waals surface area contributed by atoms with E-state index in [0.29, 0.717) is 17.3 Å². The van der Waals surface area contributed by atoms with E-state index < -0.39 is 0 Å². The van der Waals surface area contributed by atoms with Gasteiger partial charge in [-0.15, -0.1) is 0 Å². The van der Waals surface area contributed by atoms with Gasteiger partial charge in [0.1, 0.15) is 6.10 Å². The smallest absolute Gasteiger partial charge is 0.306 e. The van der Waals surface area contributed by atoms with Crippen LogP contribution in [-0.4, -0.2) is 12.1 Å². The summed E-state index contributed by atoms with van der Waals surface area (Å²) in [5.41, 5.74) is 2.26. The largest absolute Gasteiger partial charge is 0.462 e. The number of aryl methyl sites for hydroxylation is 1. The van der Waals surface area contributed by atoms with Crippen molar-refractivity contribution in [3.05, 3.63) is 35.9 Å². The highest BCUT2D eigenvalue weighted by Crippen LogP contribution is 2.68. The van der Waals surface area contributed by atoms with E-state index in [0.717, 1.165) is 60.7 Å². The molecule has 0 N–H and O–H groups in total. The lowest BCUT2D eigenvalue weighted by molar-refractivity contribution is -0.162. The van der Waals surface area contributed by atoms with E-state index in [-0.39, 0.29) is 12.1 Å². The van der Waals surface area contributed by atoms with Crippen LogP contribution in [0.4, 0.5) is 0 Å². The molecule has 0 amide bonds. The van der Waals surface area contributed by atoms with Gasteiger partial charge < -0.3 is 4.74 Å². The number of hydrogen-bond donors (Lipinski definition) is 0. The third kappa shape index (κ3) is 5.62. The first-order chi connectivity index (χ1) is 18.2. The second-order valence-corrected chi connectivity index (χ2v) is 15.1. The molecular formula is C36H56O2. The van der Waals surface area contributed by atoms with Crippen molar-refractivity contribution >= 4 is 5.97 Å². The lowest BCUT2D eigenvalue weighted by Crippen LogP contribution is -2.54. The predicted octanol–water partition coefficient (Wildman–Crippen LogP) is 9.65. The van der Waals surface area contributed by atoms with Gasteiger partial charge in [-0.3, -0.25) is 4.79 Å². The number of hydrogen-bond acceptors (Lipinski definition) is 2. The molecule has 0 aliphatic heterocycles. The Hall–Kier alpha value is -1.31. The lowest BCUT2D eigenvalue weighted by Gasteiger charge is -2.61. The maximum atomic E-state index is 12.7. The van der Waals surface area contributed by atoms with Crippen LogP contribution in [0.2, 0.25) is 0 Å². The zero-order valence-corrected chi connectivity index (χ0v) is 25.2. The molecule has 0 radical (unpaired) electrons. The van der Waals surface area contributed by atoms with E-state index in [1.54, 1.807) is 0 Å². The minimum atomic E-state index is 0.00378. The van der Waals surface area contributed by atoms with Crippen LogP contribution in [-0.2, 0) is 16.0 Å². The number of benzene rings is 1. The summed E-state index contributed by atoms with van der Waals surface area (Å²) in [6.45, 7) is 12.7. The third-order valence-electron chi connectivity index (χ3n) is 12.6. The molecule has 0 bridgehead atoms. The van der Waals surface area contributed by atoms with Crippen molar-refractivity contribution in [1.82, 2.24) is 0 Å². The molecule has 4 fully saturated rings. The number of rotatable bonds is 9. The van der Waals surface area contributed by atoms with E-state index in [9.17, 15) is 4.79 Å². The van der Waals surface area contributed by atoms with Crippen LogP contribution >= 0.6 is 0 Å². The monoisotopic (exact) mass is 520 g/mol. The van der Waals surface area contributed by atoms with Crippen molar-refractivity contribution in [3.8, 4) is 0 Å². The first kappa shape index (κ1) is 28.2. The standard InChI is InChI=1S/C36H56O2/c1-25(2)10-9-11-26(3)31-17-18-32-30-16-15-28-24-29(38-34(37)19-14-27-12-7-6-8-13-27)20-22-35(28,4)33(30)21-23-36(31,32)5/h6-8,12-13,25-26,28-33H,9-11,14-24H2,1-5H3/t26-,28+,29+,30+,31-,32+,33+,35+,36-/m1/s1. The fourth-order valence-electron chi connectivity index (χ4n) is 10.5. The second kappa shape index (κ2) is 11.7. The highest BCUT2D eigenvalue weighted by atomic mass is 16.5. The molecule has 1 aromatic rings. The zero-order chi connectivity index (χ0) is 26.9. The number of ether oxygens (including phenoxy) is 1. The van der Waals surface area contributed by atoms with Gasteiger partial charge in [-0.1, -0.05) is 84.2 Å². The second-order valence-electron chi connectivity index (χ2n) is 15.1. The Morgan fingerprint density at radius 1 is 0.895 bits per heavy atom. The lowest BCUT2D eigenvalue weighted by atomic mass is 9.44. The van der Waals surface area contributed by atoms with Crippen molar-refractivity contribution < 1.29 is 9.53 Å². The predicted molar refractivity (Wildman–Crippen MR) is 158 cm³/mol. The molecule has 2 nitrogen and oxygen atoms in total. The first-order valence-corrected chi connectivity index (χ1v) is 16.4. The molecule has 1 aromatic carbocycles. The molecular weight excluding hydrogens is 464 g/mol. The Kier molecular flexibility index (Phi) is 8.66. The Labute approximate surface area is 234 Å². The summed E-state index contributed by atoms with van der Waals surface area (Å²) in [4.78, 5) is 12.7.